The number of piperidine rings is 1. The molecule has 3 nitrogen and oxygen atoms in total. The van der Waals surface area contributed by atoms with Crippen molar-refractivity contribution in [3.8, 4) is 0 Å². The molecule has 1 amide bonds. The lowest BCUT2D eigenvalue weighted by Gasteiger charge is -2.41. The lowest BCUT2D eigenvalue weighted by atomic mass is 9.76. The Hall–Kier alpha value is -1.42. The summed E-state index contributed by atoms with van der Waals surface area (Å²) in [6.45, 7) is 0. The van der Waals surface area contributed by atoms with Crippen LogP contribution in [0, 0.1) is 11.7 Å². The molecule has 1 aromatic rings. The lowest BCUT2D eigenvalue weighted by molar-refractivity contribution is -0.126. The zero-order valence-electron chi connectivity index (χ0n) is 11.1. The predicted molar refractivity (Wildman–Crippen MR) is 71.0 cm³/mol. The summed E-state index contributed by atoms with van der Waals surface area (Å²) in [7, 11) is 2.08. The molecule has 0 aromatic heterocycles. The second kappa shape index (κ2) is 4.60. The summed E-state index contributed by atoms with van der Waals surface area (Å²) < 4.78 is 13.0. The predicted octanol–water partition coefficient (Wildman–Crippen LogP) is 1.88. The van der Waals surface area contributed by atoms with Gasteiger partial charge in [-0.15, -0.1) is 0 Å². The maximum atomic E-state index is 13.0. The first-order valence-corrected chi connectivity index (χ1v) is 6.84. The first-order chi connectivity index (χ1) is 9.08. The molecule has 1 aromatic carbocycles. The van der Waals surface area contributed by atoms with Gasteiger partial charge in [-0.05, 0) is 49.9 Å². The molecule has 2 heterocycles. The second-order valence-electron chi connectivity index (χ2n) is 5.79. The van der Waals surface area contributed by atoms with Crippen LogP contribution in [0.2, 0.25) is 0 Å². The Morgan fingerprint density at radius 1 is 1.32 bits per heavy atom. The number of amides is 1. The molecule has 2 bridgehead atoms. The van der Waals surface area contributed by atoms with E-state index >= 15 is 0 Å². The number of benzene rings is 1. The third-order valence-electron chi connectivity index (χ3n) is 4.90. The summed E-state index contributed by atoms with van der Waals surface area (Å²) in [5, 5.41) is 0. The number of hydrogen-bond acceptors (Lipinski definition) is 2. The van der Waals surface area contributed by atoms with E-state index in [0.717, 1.165) is 24.8 Å². The van der Waals surface area contributed by atoms with E-state index in [2.05, 4.69) is 11.9 Å². The van der Waals surface area contributed by atoms with Crippen molar-refractivity contribution < 1.29 is 9.18 Å². The van der Waals surface area contributed by atoms with Crippen LogP contribution in [0.3, 0.4) is 0 Å². The Kier molecular flexibility index (Phi) is 3.05. The Labute approximate surface area is 112 Å². The molecule has 0 spiro atoms. The Morgan fingerprint density at radius 3 is 2.63 bits per heavy atom. The minimum absolute atomic E-state index is 0.131. The van der Waals surface area contributed by atoms with Gasteiger partial charge < -0.3 is 5.73 Å². The number of rotatable bonds is 2. The van der Waals surface area contributed by atoms with Gasteiger partial charge in [-0.3, -0.25) is 9.69 Å². The van der Waals surface area contributed by atoms with Crippen molar-refractivity contribution in [2.75, 3.05) is 7.05 Å². The zero-order chi connectivity index (χ0) is 13.6. The minimum atomic E-state index is -0.240. The van der Waals surface area contributed by atoms with Gasteiger partial charge in [0.25, 0.3) is 0 Å². The summed E-state index contributed by atoms with van der Waals surface area (Å²) in [5.41, 5.74) is 6.67. The topological polar surface area (TPSA) is 46.3 Å². The molecular formula is C15H19FN2O. The summed E-state index contributed by atoms with van der Waals surface area (Å²) in [5.74, 6) is -0.497. The lowest BCUT2D eigenvalue weighted by Crippen LogP contribution is -2.50. The van der Waals surface area contributed by atoms with E-state index in [-0.39, 0.29) is 29.6 Å². The van der Waals surface area contributed by atoms with E-state index in [1.807, 2.05) is 0 Å². The van der Waals surface area contributed by atoms with Gasteiger partial charge >= 0.3 is 0 Å². The molecule has 102 valence electrons. The number of carbonyl (C=O) groups excluding carboxylic acids is 1. The van der Waals surface area contributed by atoms with E-state index in [9.17, 15) is 9.18 Å². The molecule has 2 saturated heterocycles. The van der Waals surface area contributed by atoms with Gasteiger partial charge in [0, 0.05) is 12.1 Å². The number of carbonyl (C=O) groups is 1. The van der Waals surface area contributed by atoms with E-state index in [0.29, 0.717) is 6.04 Å². The molecule has 0 radical (unpaired) electrons. The number of hydrogen-bond donors (Lipinski definition) is 1. The Morgan fingerprint density at radius 2 is 2.00 bits per heavy atom. The highest BCUT2D eigenvalue weighted by molar-refractivity contribution is 5.79. The first-order valence-electron chi connectivity index (χ1n) is 6.84. The number of fused-ring (bicyclic) bond motifs is 2. The molecule has 2 aliphatic rings. The van der Waals surface area contributed by atoms with E-state index in [4.69, 9.17) is 5.73 Å². The van der Waals surface area contributed by atoms with Crippen molar-refractivity contribution in [3.05, 3.63) is 35.6 Å². The molecule has 2 fully saturated rings. The van der Waals surface area contributed by atoms with Gasteiger partial charge in [-0.25, -0.2) is 4.39 Å². The number of nitrogens with zero attached hydrogens (tertiary/aromatic N) is 1. The molecule has 2 N–H and O–H groups in total. The van der Waals surface area contributed by atoms with Crippen LogP contribution < -0.4 is 5.73 Å². The van der Waals surface area contributed by atoms with Crippen molar-refractivity contribution in [2.24, 2.45) is 11.7 Å². The normalized spacial score (nSPS) is 34.4. The van der Waals surface area contributed by atoms with Crippen molar-refractivity contribution in [3.63, 3.8) is 0 Å². The number of nitrogens with two attached hydrogens (primary N) is 1. The van der Waals surface area contributed by atoms with Crippen molar-refractivity contribution in [1.29, 1.82) is 0 Å². The van der Waals surface area contributed by atoms with E-state index in [1.165, 1.54) is 12.1 Å². The van der Waals surface area contributed by atoms with Crippen LogP contribution in [0.25, 0.3) is 0 Å². The largest absolute Gasteiger partial charge is 0.369 e. The first kappa shape index (κ1) is 12.6. The molecule has 0 aliphatic carbocycles. The van der Waals surface area contributed by atoms with Crippen LogP contribution in [-0.2, 0) is 4.79 Å². The minimum Gasteiger partial charge on any atom is -0.369 e. The Balaban J connectivity index is 1.95. The maximum Gasteiger partial charge on any atom is 0.222 e. The summed E-state index contributed by atoms with van der Waals surface area (Å²) in [6.07, 6.45) is 3.10. The zero-order valence-corrected chi connectivity index (χ0v) is 11.1. The quantitative estimate of drug-likeness (QED) is 0.884. The Bertz CT molecular complexity index is 487. The summed E-state index contributed by atoms with van der Waals surface area (Å²) >= 11 is 0. The highest BCUT2D eigenvalue weighted by Gasteiger charge is 2.48. The van der Waals surface area contributed by atoms with Gasteiger partial charge in [0.2, 0.25) is 5.91 Å². The molecule has 2 aliphatic heterocycles. The summed E-state index contributed by atoms with van der Waals surface area (Å²) in [6, 6.07) is 7.28. The monoisotopic (exact) mass is 262 g/mol. The molecule has 4 heteroatoms. The van der Waals surface area contributed by atoms with Gasteiger partial charge in [0.15, 0.2) is 0 Å². The molecule has 19 heavy (non-hydrogen) atoms. The van der Waals surface area contributed by atoms with Crippen LogP contribution in [0.5, 0.6) is 0 Å². The highest BCUT2D eigenvalue weighted by Crippen LogP contribution is 2.45. The average molecular weight is 262 g/mol. The van der Waals surface area contributed by atoms with E-state index in [1.54, 1.807) is 12.1 Å². The fraction of sp³-hybridized carbons (Fsp3) is 0.533. The average Bonchev–Trinajstić information content (AvgIpc) is 2.63. The third-order valence-corrected chi connectivity index (χ3v) is 4.90. The van der Waals surface area contributed by atoms with Crippen molar-refractivity contribution in [2.45, 2.75) is 37.3 Å². The molecular weight excluding hydrogens is 243 g/mol. The number of primary amides is 1. The molecule has 4 atom stereocenters. The standard InChI is InChI=1S/C15H19FN2O/c1-18-11-6-7-13(18)14(15(17)19)12(8-11)9-2-4-10(16)5-3-9/h2-5,11-14H,6-8H2,1H3,(H2,17,19)/t11-,12+,13+,14+/m0/s1. The second-order valence-corrected chi connectivity index (χ2v) is 5.79. The van der Waals surface area contributed by atoms with Gasteiger partial charge in [-0.1, -0.05) is 12.1 Å². The van der Waals surface area contributed by atoms with Gasteiger partial charge in [0.05, 0.1) is 5.92 Å². The number of halogens is 1. The van der Waals surface area contributed by atoms with Crippen LogP contribution in [0.15, 0.2) is 24.3 Å². The fourth-order valence-corrected chi connectivity index (χ4v) is 3.91. The SMILES string of the molecule is CN1[C@H]2CC[C@@H]1[C@H](C(N)=O)[C@@H](c1ccc(F)cc1)C2. The van der Waals surface area contributed by atoms with Crippen molar-refractivity contribution in [1.82, 2.24) is 4.90 Å². The highest BCUT2D eigenvalue weighted by atomic mass is 19.1. The molecule has 0 unspecified atom stereocenters. The summed E-state index contributed by atoms with van der Waals surface area (Å²) in [4.78, 5) is 14.2. The third kappa shape index (κ3) is 2.04. The van der Waals surface area contributed by atoms with E-state index < -0.39 is 0 Å². The van der Waals surface area contributed by atoms with Gasteiger partial charge in [0.1, 0.15) is 5.82 Å². The smallest absolute Gasteiger partial charge is 0.222 e. The molecule has 3 rings (SSSR count). The maximum absolute atomic E-state index is 13.0. The fourth-order valence-electron chi connectivity index (χ4n) is 3.91. The molecule has 0 saturated carbocycles. The van der Waals surface area contributed by atoms with Crippen LogP contribution >= 0.6 is 0 Å². The van der Waals surface area contributed by atoms with Gasteiger partial charge in [-0.2, -0.15) is 0 Å². The van der Waals surface area contributed by atoms with Crippen molar-refractivity contribution >= 4 is 5.91 Å². The van der Waals surface area contributed by atoms with Crippen LogP contribution in [0.4, 0.5) is 4.39 Å². The van der Waals surface area contributed by atoms with Crippen LogP contribution in [0.1, 0.15) is 30.7 Å². The van der Waals surface area contributed by atoms with Crippen LogP contribution in [-0.4, -0.2) is 29.9 Å².